The molecule has 12 heteroatoms. The minimum atomic E-state index is -4.82. The molecule has 0 aromatic heterocycles. The molecule has 4 N–H and O–H groups in total. The van der Waals surface area contributed by atoms with Crippen molar-refractivity contribution < 1.29 is 52.9 Å². The van der Waals surface area contributed by atoms with E-state index in [0.29, 0.717) is 32.1 Å². The molecule has 1 fully saturated rings. The Morgan fingerprint density at radius 2 is 1.23 bits per heavy atom. The third kappa shape index (κ3) is 29.6. The second-order valence-corrected chi connectivity index (χ2v) is 17.9. The molecular weight excluding hydrogens is 735 g/mol. The van der Waals surface area contributed by atoms with E-state index in [9.17, 15) is 29.2 Å². The molecule has 0 spiro atoms. The Morgan fingerprint density at radius 1 is 0.732 bits per heavy atom. The molecule has 0 heterocycles. The minimum absolute atomic E-state index is 0.00419. The van der Waals surface area contributed by atoms with Crippen molar-refractivity contribution in [3.63, 3.8) is 0 Å². The normalized spacial score (nSPS) is 18.6. The van der Waals surface area contributed by atoms with Crippen LogP contribution in [0.5, 0.6) is 0 Å². The summed E-state index contributed by atoms with van der Waals surface area (Å²) in [5.74, 6) is -0.801. The number of Topliss-reactive ketones (excluding diaryl/α,β-unsaturated/α-hetero) is 1. The van der Waals surface area contributed by atoms with Crippen molar-refractivity contribution in [2.45, 2.75) is 219 Å². The standard InChI is InChI=1S/C44H81O11P/c1-4-5-21-27-37(45)31-32-40-39(41(46)33-42(40)47)28-23-19-20-25-30-44(49)55-38(35-54-56(50,51)52)34-53-43(48)29-24-18-16-14-12-10-8-6-7-9-11-13-15-17-22-26-36(2)3/h31-32,36-41,45-46H,4-30,33-35H2,1-3H3,(H2,50,51,52)/b32-31+/t37-,38+,39+,40+,41-/m0/s1. The maximum atomic E-state index is 12.5. The molecule has 1 saturated carbocycles. The Bertz CT molecular complexity index is 1090. The van der Waals surface area contributed by atoms with E-state index < -0.39 is 50.6 Å². The lowest BCUT2D eigenvalue weighted by Gasteiger charge is -2.19. The van der Waals surface area contributed by atoms with Gasteiger partial charge in [-0.3, -0.25) is 18.9 Å². The number of ether oxygens (including phenoxy) is 2. The van der Waals surface area contributed by atoms with Gasteiger partial charge in [0.25, 0.3) is 0 Å². The number of ketones is 1. The maximum Gasteiger partial charge on any atom is 0.469 e. The molecule has 0 aromatic rings. The van der Waals surface area contributed by atoms with Crippen molar-refractivity contribution in [3.8, 4) is 0 Å². The van der Waals surface area contributed by atoms with Gasteiger partial charge >= 0.3 is 19.8 Å². The van der Waals surface area contributed by atoms with Gasteiger partial charge in [0.2, 0.25) is 0 Å². The van der Waals surface area contributed by atoms with Gasteiger partial charge in [-0.25, -0.2) is 4.57 Å². The predicted molar refractivity (Wildman–Crippen MR) is 222 cm³/mol. The summed E-state index contributed by atoms with van der Waals surface area (Å²) in [4.78, 5) is 55.6. The summed E-state index contributed by atoms with van der Waals surface area (Å²) in [5.41, 5.74) is 0. The summed E-state index contributed by atoms with van der Waals surface area (Å²) < 4.78 is 26.4. The van der Waals surface area contributed by atoms with E-state index in [1.54, 1.807) is 12.2 Å². The van der Waals surface area contributed by atoms with E-state index in [1.165, 1.54) is 77.0 Å². The van der Waals surface area contributed by atoms with Crippen molar-refractivity contribution in [3.05, 3.63) is 12.2 Å². The highest BCUT2D eigenvalue weighted by Gasteiger charge is 2.39. The third-order valence-corrected chi connectivity index (χ3v) is 11.4. The zero-order chi connectivity index (χ0) is 41.4. The minimum Gasteiger partial charge on any atom is -0.462 e. The highest BCUT2D eigenvalue weighted by molar-refractivity contribution is 7.46. The average molecular weight is 817 g/mol. The van der Waals surface area contributed by atoms with Gasteiger partial charge in [-0.05, 0) is 37.5 Å². The Kier molecular flexibility index (Phi) is 31.1. The predicted octanol–water partition coefficient (Wildman–Crippen LogP) is 10.2. The Hall–Kier alpha value is -1.62. The van der Waals surface area contributed by atoms with E-state index >= 15 is 0 Å². The Morgan fingerprint density at radius 3 is 1.77 bits per heavy atom. The van der Waals surface area contributed by atoms with Crippen LogP contribution in [0.1, 0.15) is 201 Å². The van der Waals surface area contributed by atoms with Crippen molar-refractivity contribution in [1.82, 2.24) is 0 Å². The van der Waals surface area contributed by atoms with Crippen LogP contribution in [0.15, 0.2) is 12.2 Å². The topological polar surface area (TPSA) is 177 Å². The van der Waals surface area contributed by atoms with Gasteiger partial charge in [-0.2, -0.15) is 0 Å². The zero-order valence-corrected chi connectivity index (χ0v) is 36.3. The summed E-state index contributed by atoms with van der Waals surface area (Å²) in [6.07, 6.45) is 28.4. The van der Waals surface area contributed by atoms with Crippen LogP contribution in [-0.4, -0.2) is 69.2 Å². The molecule has 0 aliphatic heterocycles. The van der Waals surface area contributed by atoms with E-state index in [-0.39, 0.29) is 37.6 Å². The van der Waals surface area contributed by atoms with Crippen molar-refractivity contribution >= 4 is 25.5 Å². The molecule has 0 radical (unpaired) electrons. The van der Waals surface area contributed by atoms with Crippen LogP contribution in [0.2, 0.25) is 0 Å². The number of unbranched alkanes of at least 4 members (excludes halogenated alkanes) is 19. The van der Waals surface area contributed by atoms with Gasteiger partial charge in [0.05, 0.1) is 18.8 Å². The molecule has 11 nitrogen and oxygen atoms in total. The van der Waals surface area contributed by atoms with Crippen LogP contribution < -0.4 is 0 Å². The molecular formula is C44H81O11P. The first-order valence-electron chi connectivity index (χ1n) is 22.4. The van der Waals surface area contributed by atoms with E-state index in [0.717, 1.165) is 57.3 Å². The monoisotopic (exact) mass is 817 g/mol. The van der Waals surface area contributed by atoms with Crippen LogP contribution >= 0.6 is 7.82 Å². The highest BCUT2D eigenvalue weighted by atomic mass is 31.2. The number of rotatable bonds is 37. The van der Waals surface area contributed by atoms with Crippen LogP contribution in [0.4, 0.5) is 0 Å². The lowest BCUT2D eigenvalue weighted by molar-refractivity contribution is -0.161. The second kappa shape index (κ2) is 33.2. The third-order valence-electron chi connectivity index (χ3n) is 10.9. The highest BCUT2D eigenvalue weighted by Crippen LogP contribution is 2.36. The average Bonchev–Trinajstić information content (AvgIpc) is 3.41. The number of aliphatic hydroxyl groups is 2. The molecule has 56 heavy (non-hydrogen) atoms. The Labute approximate surface area is 339 Å². The molecule has 0 unspecified atom stereocenters. The van der Waals surface area contributed by atoms with Crippen LogP contribution in [0, 0.1) is 17.8 Å². The van der Waals surface area contributed by atoms with E-state index in [4.69, 9.17) is 19.3 Å². The first kappa shape index (κ1) is 52.4. The first-order valence-corrected chi connectivity index (χ1v) is 24.0. The molecule has 0 amide bonds. The molecule has 1 rings (SSSR count). The molecule has 1 aliphatic rings. The molecule has 0 saturated heterocycles. The molecule has 328 valence electrons. The summed E-state index contributed by atoms with van der Waals surface area (Å²) in [7, 11) is -4.82. The van der Waals surface area contributed by atoms with Crippen LogP contribution in [-0.2, 0) is 32.9 Å². The molecule has 0 bridgehead atoms. The fourth-order valence-electron chi connectivity index (χ4n) is 7.46. The first-order chi connectivity index (χ1) is 26.8. The van der Waals surface area contributed by atoms with Gasteiger partial charge in [0.15, 0.2) is 6.10 Å². The molecule has 5 atom stereocenters. The number of aliphatic hydroxyl groups excluding tert-OH is 2. The van der Waals surface area contributed by atoms with Gasteiger partial charge in [0.1, 0.15) is 12.4 Å². The molecule has 0 aromatic carbocycles. The fraction of sp³-hybridized carbons (Fsp3) is 0.886. The van der Waals surface area contributed by atoms with Gasteiger partial charge < -0.3 is 29.5 Å². The summed E-state index contributed by atoms with van der Waals surface area (Å²) in [6, 6.07) is 0. The number of phosphoric ester groups is 1. The number of phosphoric acid groups is 1. The SMILES string of the molecule is CCCCC[C@H](O)/C=C/[C@H]1C(=O)C[C@H](O)[C@@H]1CCCCCCC(=O)O[C@H](COC(=O)CCCCCCCCCCCCCCCCCC(C)C)COP(=O)(O)O. The smallest absolute Gasteiger partial charge is 0.462 e. The van der Waals surface area contributed by atoms with E-state index in [2.05, 4.69) is 25.3 Å². The summed E-state index contributed by atoms with van der Waals surface area (Å²) in [6.45, 7) is 5.75. The number of esters is 2. The zero-order valence-electron chi connectivity index (χ0n) is 35.4. The maximum absolute atomic E-state index is 12.5. The van der Waals surface area contributed by atoms with Gasteiger partial charge in [-0.1, -0.05) is 168 Å². The quantitative estimate of drug-likeness (QED) is 0.0203. The molecule has 1 aliphatic carbocycles. The largest absolute Gasteiger partial charge is 0.469 e. The number of hydrogen-bond donors (Lipinski definition) is 4. The second-order valence-electron chi connectivity index (χ2n) is 16.6. The summed E-state index contributed by atoms with van der Waals surface area (Å²) >= 11 is 0. The van der Waals surface area contributed by atoms with Crippen LogP contribution in [0.3, 0.4) is 0 Å². The number of carbonyl (C=O) groups excluding carboxylic acids is 3. The van der Waals surface area contributed by atoms with Crippen molar-refractivity contribution in [2.24, 2.45) is 17.8 Å². The van der Waals surface area contributed by atoms with Gasteiger partial charge in [-0.15, -0.1) is 0 Å². The number of allylic oxidation sites excluding steroid dienone is 1. The van der Waals surface area contributed by atoms with E-state index in [1.807, 2.05) is 0 Å². The Balaban J connectivity index is 2.21. The lowest BCUT2D eigenvalue weighted by atomic mass is 9.88. The van der Waals surface area contributed by atoms with Crippen LogP contribution in [0.25, 0.3) is 0 Å². The fourth-order valence-corrected chi connectivity index (χ4v) is 7.82. The van der Waals surface area contributed by atoms with Crippen molar-refractivity contribution in [2.75, 3.05) is 13.2 Å². The summed E-state index contributed by atoms with van der Waals surface area (Å²) in [5, 5.41) is 20.7. The van der Waals surface area contributed by atoms with Gasteiger partial charge in [0, 0.05) is 25.2 Å². The lowest BCUT2D eigenvalue weighted by Crippen LogP contribution is -2.29. The number of carbonyl (C=O) groups is 3. The van der Waals surface area contributed by atoms with Crippen molar-refractivity contribution in [1.29, 1.82) is 0 Å². The number of hydrogen-bond acceptors (Lipinski definition) is 9.